The maximum Gasteiger partial charge on any atom is 0.150 e. The van der Waals surface area contributed by atoms with Crippen molar-refractivity contribution in [3.05, 3.63) is 0 Å². The Kier molecular flexibility index (Phi) is 9.72. The molecule has 0 unspecified atom stereocenters. The van der Waals surface area contributed by atoms with E-state index < -0.39 is 9.84 Å². The lowest BCUT2D eigenvalue weighted by molar-refractivity contribution is 0.0410. The lowest BCUT2D eigenvalue weighted by Gasteiger charge is -2.26. The Morgan fingerprint density at radius 3 is 2.47 bits per heavy atom. The molecule has 4 nitrogen and oxygen atoms in total. The summed E-state index contributed by atoms with van der Waals surface area (Å²) >= 11 is 1.73. The van der Waals surface area contributed by atoms with E-state index >= 15 is 0 Å². The van der Waals surface area contributed by atoms with Gasteiger partial charge in [-0.2, -0.15) is 11.8 Å². The third-order valence-corrected chi connectivity index (χ3v) is 5.56. The Balaban J connectivity index is 0.00000256. The van der Waals surface area contributed by atoms with Crippen LogP contribution in [0.15, 0.2) is 0 Å². The lowest BCUT2D eigenvalue weighted by atomic mass is 10.4. The first-order valence-electron chi connectivity index (χ1n) is 5.72. The zero-order chi connectivity index (χ0) is 11.9. The van der Waals surface area contributed by atoms with Gasteiger partial charge in [0.05, 0.1) is 19.0 Å². The highest BCUT2D eigenvalue weighted by Crippen LogP contribution is 2.05. The van der Waals surface area contributed by atoms with E-state index in [9.17, 15) is 8.42 Å². The van der Waals surface area contributed by atoms with Crippen molar-refractivity contribution >= 4 is 34.0 Å². The molecule has 104 valence electrons. The molecule has 7 heteroatoms. The molecule has 1 aliphatic heterocycles. The molecule has 1 rings (SSSR count). The highest BCUT2D eigenvalue weighted by molar-refractivity contribution is 8.00. The molecule has 0 atom stereocenters. The first-order valence-corrected chi connectivity index (χ1v) is 8.70. The molecule has 0 aromatic carbocycles. The maximum absolute atomic E-state index is 11.2. The molecule has 17 heavy (non-hydrogen) atoms. The van der Waals surface area contributed by atoms with Crippen LogP contribution in [0.4, 0.5) is 0 Å². The van der Waals surface area contributed by atoms with Crippen molar-refractivity contribution < 1.29 is 13.2 Å². The number of thioether (sulfide) groups is 1. The van der Waals surface area contributed by atoms with Crippen LogP contribution in [-0.4, -0.2) is 69.2 Å². The summed E-state index contributed by atoms with van der Waals surface area (Å²) < 4.78 is 27.7. The summed E-state index contributed by atoms with van der Waals surface area (Å²) in [4.78, 5) is 2.37. The molecular weight excluding hydrogens is 282 g/mol. The minimum atomic E-state index is -2.78. The predicted octanol–water partition coefficient (Wildman–Crippen LogP) is 0.908. The molecule has 0 radical (unpaired) electrons. The number of hydrogen-bond donors (Lipinski definition) is 0. The predicted molar refractivity (Wildman–Crippen MR) is 76.2 cm³/mol. The van der Waals surface area contributed by atoms with Crippen molar-refractivity contribution in [3.8, 4) is 0 Å². The van der Waals surface area contributed by atoms with E-state index in [4.69, 9.17) is 4.74 Å². The Bertz CT molecular complexity index is 279. The van der Waals surface area contributed by atoms with Crippen LogP contribution in [0.25, 0.3) is 0 Å². The molecule has 0 saturated carbocycles. The summed E-state index contributed by atoms with van der Waals surface area (Å²) in [5.74, 6) is 2.31. The van der Waals surface area contributed by atoms with Crippen LogP contribution in [-0.2, 0) is 14.6 Å². The molecule has 0 spiro atoms. The first-order chi connectivity index (χ1) is 7.64. The summed E-state index contributed by atoms with van der Waals surface area (Å²) in [6, 6.07) is 0. The van der Waals surface area contributed by atoms with Gasteiger partial charge in [-0.3, -0.25) is 4.90 Å². The van der Waals surface area contributed by atoms with Crippen LogP contribution in [0.2, 0.25) is 0 Å². The molecule has 0 amide bonds. The number of halogens is 1. The van der Waals surface area contributed by atoms with Crippen LogP contribution in [0.5, 0.6) is 0 Å². The highest BCUT2D eigenvalue weighted by atomic mass is 35.5. The third-order valence-electron chi connectivity index (χ3n) is 2.63. The molecule has 1 saturated heterocycles. The average Bonchev–Trinajstić information content (AvgIpc) is 2.30. The van der Waals surface area contributed by atoms with E-state index in [2.05, 4.69) is 4.90 Å². The fourth-order valence-electron chi connectivity index (χ4n) is 1.45. The zero-order valence-electron chi connectivity index (χ0n) is 10.3. The van der Waals surface area contributed by atoms with E-state index in [1.807, 2.05) is 0 Å². The molecule has 0 aliphatic carbocycles. The monoisotopic (exact) mass is 303 g/mol. The number of hydrogen-bond acceptors (Lipinski definition) is 5. The van der Waals surface area contributed by atoms with Crippen LogP contribution in [0, 0.1) is 0 Å². The number of rotatable bonds is 7. The fourth-order valence-corrected chi connectivity index (χ4v) is 3.82. The van der Waals surface area contributed by atoms with Gasteiger partial charge < -0.3 is 4.74 Å². The fraction of sp³-hybridized carbons (Fsp3) is 1.00. The quantitative estimate of drug-likeness (QED) is 0.654. The van der Waals surface area contributed by atoms with Crippen molar-refractivity contribution in [2.24, 2.45) is 0 Å². The van der Waals surface area contributed by atoms with Gasteiger partial charge in [-0.25, -0.2) is 8.42 Å². The SMILES string of the molecule is CCS(=O)(=O)CCSCCN1CCOCC1.Cl. The smallest absolute Gasteiger partial charge is 0.150 e. The largest absolute Gasteiger partial charge is 0.379 e. The standard InChI is InChI=1S/C10H21NO3S2.ClH/c1-2-16(12,13)10-9-15-8-5-11-3-6-14-7-4-11;/h2-10H2,1H3;1H. The average molecular weight is 304 g/mol. The van der Waals surface area contributed by atoms with E-state index in [-0.39, 0.29) is 18.2 Å². The molecule has 0 N–H and O–H groups in total. The summed E-state index contributed by atoms with van der Waals surface area (Å²) in [5.41, 5.74) is 0. The zero-order valence-corrected chi connectivity index (χ0v) is 12.7. The molecule has 1 aliphatic rings. The van der Waals surface area contributed by atoms with Gasteiger partial charge >= 0.3 is 0 Å². The van der Waals surface area contributed by atoms with E-state index in [0.717, 1.165) is 44.4 Å². The number of ether oxygens (including phenoxy) is 1. The molecule has 1 heterocycles. The van der Waals surface area contributed by atoms with Gasteiger partial charge in [-0.05, 0) is 0 Å². The number of sulfone groups is 1. The maximum atomic E-state index is 11.2. The van der Waals surface area contributed by atoms with Crippen molar-refractivity contribution in [1.82, 2.24) is 4.90 Å². The second kappa shape index (κ2) is 9.44. The molecular formula is C10H22ClNO3S2. The summed E-state index contributed by atoms with van der Waals surface area (Å²) in [5, 5.41) is 0. The van der Waals surface area contributed by atoms with E-state index in [1.165, 1.54) is 0 Å². The summed E-state index contributed by atoms with van der Waals surface area (Å²) in [7, 11) is -2.78. The Hall–Kier alpha value is 0.510. The molecule has 1 fully saturated rings. The lowest BCUT2D eigenvalue weighted by Crippen LogP contribution is -2.37. The molecule has 0 aromatic rings. The van der Waals surface area contributed by atoms with Crippen molar-refractivity contribution in [1.29, 1.82) is 0 Å². The van der Waals surface area contributed by atoms with Crippen LogP contribution >= 0.6 is 24.2 Å². The second-order valence-electron chi connectivity index (χ2n) is 3.80. The van der Waals surface area contributed by atoms with Crippen LogP contribution < -0.4 is 0 Å². The summed E-state index contributed by atoms with van der Waals surface area (Å²) in [6.45, 7) is 6.42. The van der Waals surface area contributed by atoms with Gasteiger partial charge in [0.1, 0.15) is 0 Å². The van der Waals surface area contributed by atoms with Crippen molar-refractivity contribution in [3.63, 3.8) is 0 Å². The topological polar surface area (TPSA) is 46.6 Å². The number of nitrogens with zero attached hydrogens (tertiary/aromatic N) is 1. The van der Waals surface area contributed by atoms with Crippen molar-refractivity contribution in [2.75, 3.05) is 55.9 Å². The van der Waals surface area contributed by atoms with Gasteiger partial charge in [-0.1, -0.05) is 6.92 Å². The minimum Gasteiger partial charge on any atom is -0.379 e. The van der Waals surface area contributed by atoms with Gasteiger partial charge in [0.15, 0.2) is 9.84 Å². The Morgan fingerprint density at radius 2 is 1.88 bits per heavy atom. The van der Waals surface area contributed by atoms with E-state index in [0.29, 0.717) is 5.75 Å². The van der Waals surface area contributed by atoms with Crippen molar-refractivity contribution in [2.45, 2.75) is 6.92 Å². The summed E-state index contributed by atoms with van der Waals surface area (Å²) in [6.07, 6.45) is 0. The minimum absolute atomic E-state index is 0. The Morgan fingerprint density at radius 1 is 1.24 bits per heavy atom. The van der Waals surface area contributed by atoms with Crippen LogP contribution in [0.3, 0.4) is 0 Å². The Labute approximate surface area is 115 Å². The molecule has 0 aromatic heterocycles. The van der Waals surface area contributed by atoms with E-state index in [1.54, 1.807) is 18.7 Å². The second-order valence-corrected chi connectivity index (χ2v) is 7.50. The first kappa shape index (κ1) is 17.5. The number of morpholine rings is 1. The normalized spacial score (nSPS) is 17.7. The van der Waals surface area contributed by atoms with Gasteiger partial charge in [0, 0.05) is 36.9 Å². The molecule has 0 bridgehead atoms. The third kappa shape index (κ3) is 8.26. The van der Waals surface area contributed by atoms with Gasteiger partial charge in [0.2, 0.25) is 0 Å². The van der Waals surface area contributed by atoms with Crippen LogP contribution in [0.1, 0.15) is 6.92 Å². The highest BCUT2D eigenvalue weighted by Gasteiger charge is 2.10. The van der Waals surface area contributed by atoms with Gasteiger partial charge in [-0.15, -0.1) is 12.4 Å². The van der Waals surface area contributed by atoms with Gasteiger partial charge in [0.25, 0.3) is 0 Å².